The molecular formula is C20H27N4O6+. The van der Waals surface area contributed by atoms with E-state index in [2.05, 4.69) is 4.90 Å². The van der Waals surface area contributed by atoms with Crippen molar-refractivity contribution in [3.63, 3.8) is 0 Å². The second-order valence-electron chi connectivity index (χ2n) is 8.03. The molecule has 0 radical (unpaired) electrons. The van der Waals surface area contributed by atoms with Gasteiger partial charge in [-0.25, -0.2) is 4.79 Å². The van der Waals surface area contributed by atoms with Gasteiger partial charge in [-0.3, -0.25) is 14.9 Å². The number of nitro benzene ring substituents is 1. The summed E-state index contributed by atoms with van der Waals surface area (Å²) in [6, 6.07) is 5.31. The quantitative estimate of drug-likeness (QED) is 0.436. The van der Waals surface area contributed by atoms with Crippen LogP contribution in [0.3, 0.4) is 0 Å². The van der Waals surface area contributed by atoms with Crippen molar-refractivity contribution in [1.29, 1.82) is 0 Å². The molecule has 2 fully saturated rings. The van der Waals surface area contributed by atoms with Gasteiger partial charge >= 0.3 is 12.0 Å². The molecule has 30 heavy (non-hydrogen) atoms. The van der Waals surface area contributed by atoms with Gasteiger partial charge in [-0.15, -0.1) is 0 Å². The van der Waals surface area contributed by atoms with Crippen LogP contribution in [-0.2, 0) is 16.0 Å². The fourth-order valence-electron chi connectivity index (χ4n) is 4.46. The molecule has 2 aliphatic rings. The first-order valence-corrected chi connectivity index (χ1v) is 10.1. The normalized spacial score (nSPS) is 24.6. The van der Waals surface area contributed by atoms with Gasteiger partial charge in [-0.2, -0.15) is 9.28 Å². The Morgan fingerprint density at radius 3 is 2.53 bits per heavy atom. The predicted octanol–water partition coefficient (Wildman–Crippen LogP) is 1.49. The van der Waals surface area contributed by atoms with Gasteiger partial charge in [-0.1, -0.05) is 12.1 Å². The summed E-state index contributed by atoms with van der Waals surface area (Å²) < 4.78 is -0.773. The summed E-state index contributed by atoms with van der Waals surface area (Å²) in [5, 5.41) is 21.0. The molecule has 10 nitrogen and oxygen atoms in total. The molecule has 3 rings (SSSR count). The zero-order chi connectivity index (χ0) is 21.9. The molecule has 10 heteroatoms. The lowest BCUT2D eigenvalue weighted by molar-refractivity contribution is -0.791. The molecule has 3 amide bonds. The average Bonchev–Trinajstić information content (AvgIpc) is 3.20. The highest BCUT2D eigenvalue weighted by atomic mass is 16.6. The Hall–Kier alpha value is -2.85. The molecule has 0 spiro atoms. The third kappa shape index (κ3) is 4.49. The van der Waals surface area contributed by atoms with Crippen molar-refractivity contribution in [2.45, 2.75) is 32.2 Å². The number of carboxylic acid groups (broad SMARTS) is 1. The van der Waals surface area contributed by atoms with Crippen LogP contribution >= 0.6 is 0 Å². The number of imide groups is 1. The second-order valence-corrected chi connectivity index (χ2v) is 8.03. The number of amides is 3. The van der Waals surface area contributed by atoms with Gasteiger partial charge in [0.05, 0.1) is 23.9 Å². The Labute approximate surface area is 174 Å². The summed E-state index contributed by atoms with van der Waals surface area (Å²) >= 11 is 0. The van der Waals surface area contributed by atoms with Gasteiger partial charge < -0.3 is 14.9 Å². The average molecular weight is 419 g/mol. The number of benzene rings is 1. The van der Waals surface area contributed by atoms with E-state index in [1.807, 2.05) is 0 Å². The van der Waals surface area contributed by atoms with E-state index in [0.29, 0.717) is 12.1 Å². The third-order valence-electron chi connectivity index (χ3n) is 6.08. The molecule has 1 N–H and O–H groups in total. The lowest BCUT2D eigenvalue weighted by Crippen LogP contribution is -2.70. The summed E-state index contributed by atoms with van der Waals surface area (Å²) in [6.45, 7) is 3.96. The predicted molar refractivity (Wildman–Crippen MR) is 107 cm³/mol. The molecule has 2 aliphatic heterocycles. The van der Waals surface area contributed by atoms with Gasteiger partial charge in [0, 0.05) is 25.6 Å². The van der Waals surface area contributed by atoms with Crippen LogP contribution in [0.2, 0.25) is 0 Å². The number of hydrogen-bond donors (Lipinski definition) is 1. The summed E-state index contributed by atoms with van der Waals surface area (Å²) in [5.74, 6) is -0.661. The largest absolute Gasteiger partial charge is 0.521 e. The summed E-state index contributed by atoms with van der Waals surface area (Å²) in [4.78, 5) is 51.9. The number of quaternary nitrogens is 1. The number of nitro groups is 1. The summed E-state index contributed by atoms with van der Waals surface area (Å²) in [6.07, 6.45) is 0.666. The zero-order valence-corrected chi connectivity index (χ0v) is 17.0. The maximum Gasteiger partial charge on any atom is 0.521 e. The maximum absolute atomic E-state index is 13.2. The molecule has 1 aromatic rings. The number of carbonyl (C=O) groups is 3. The molecule has 0 bridgehead atoms. The van der Waals surface area contributed by atoms with Gasteiger partial charge in [0.2, 0.25) is 5.91 Å². The summed E-state index contributed by atoms with van der Waals surface area (Å²) in [7, 11) is 0. The Kier molecular flexibility index (Phi) is 6.47. The van der Waals surface area contributed by atoms with Crippen molar-refractivity contribution >= 4 is 23.6 Å². The standard InChI is InChI=1S/C20H26N4O6/c1-15(25)22-9-10-24(20(27)28,14-18(22)13-21-7-2-3-8-21)19(26)12-16-5-4-6-17(11-16)23(29)30/h4-6,11,18H,2-3,7-10,12-14H2,1H3/p+1. The molecule has 1 aromatic carbocycles. The molecule has 2 saturated heterocycles. The van der Waals surface area contributed by atoms with Crippen LogP contribution in [0.1, 0.15) is 25.3 Å². The number of likely N-dealkylation sites (tertiary alicyclic amines) is 1. The maximum atomic E-state index is 13.2. The SMILES string of the molecule is CC(=O)N1CC[N+](C(=O)O)(C(=O)Cc2cccc([N+](=O)[O-])c2)CC1CN1CCCC1. The Morgan fingerprint density at radius 1 is 1.23 bits per heavy atom. The number of hydrogen-bond acceptors (Lipinski definition) is 6. The highest BCUT2D eigenvalue weighted by molar-refractivity contribution is 5.82. The molecule has 162 valence electrons. The van der Waals surface area contributed by atoms with Crippen LogP contribution in [-0.4, -0.2) is 87.5 Å². The van der Waals surface area contributed by atoms with E-state index in [1.165, 1.54) is 25.1 Å². The Bertz CT molecular complexity index is 853. The number of carbonyl (C=O) groups excluding carboxylic acids is 2. The lowest BCUT2D eigenvalue weighted by atomic mass is 10.0. The molecule has 0 aliphatic carbocycles. The molecule has 0 saturated carbocycles. The van der Waals surface area contributed by atoms with E-state index in [4.69, 9.17) is 0 Å². The monoisotopic (exact) mass is 419 g/mol. The smallest absolute Gasteiger partial charge is 0.435 e. The summed E-state index contributed by atoms with van der Waals surface area (Å²) in [5.41, 5.74) is 0.258. The second kappa shape index (κ2) is 8.88. The first kappa shape index (κ1) is 21.8. The van der Waals surface area contributed by atoms with Gasteiger partial charge in [0.15, 0.2) is 0 Å². The fraction of sp³-hybridized carbons (Fsp3) is 0.550. The zero-order valence-electron chi connectivity index (χ0n) is 17.0. The minimum Gasteiger partial charge on any atom is -0.435 e. The molecule has 0 aromatic heterocycles. The van der Waals surface area contributed by atoms with E-state index in [1.54, 1.807) is 11.0 Å². The molecule has 2 atom stereocenters. The van der Waals surface area contributed by atoms with E-state index in [9.17, 15) is 29.6 Å². The van der Waals surface area contributed by atoms with E-state index in [-0.39, 0.29) is 43.7 Å². The van der Waals surface area contributed by atoms with Gasteiger partial charge in [0.1, 0.15) is 13.1 Å². The molecular weight excluding hydrogens is 392 g/mol. The highest BCUT2D eigenvalue weighted by Crippen LogP contribution is 2.24. The first-order chi connectivity index (χ1) is 14.2. The topological polar surface area (TPSA) is 121 Å². The van der Waals surface area contributed by atoms with Crippen molar-refractivity contribution in [2.75, 3.05) is 39.3 Å². The highest BCUT2D eigenvalue weighted by Gasteiger charge is 2.51. The van der Waals surface area contributed by atoms with E-state index in [0.717, 1.165) is 25.9 Å². The Balaban J connectivity index is 1.83. The van der Waals surface area contributed by atoms with Gasteiger partial charge in [-0.05, 0) is 31.5 Å². The molecule has 2 unspecified atom stereocenters. The molecule has 2 heterocycles. The van der Waals surface area contributed by atoms with Crippen molar-refractivity contribution in [2.24, 2.45) is 0 Å². The number of piperazine rings is 1. The van der Waals surface area contributed by atoms with Crippen LogP contribution in [0.15, 0.2) is 24.3 Å². The van der Waals surface area contributed by atoms with Crippen molar-refractivity contribution in [1.82, 2.24) is 9.80 Å². The number of nitrogens with zero attached hydrogens (tertiary/aromatic N) is 4. The number of non-ortho nitro benzene ring substituents is 1. The van der Waals surface area contributed by atoms with E-state index < -0.39 is 21.4 Å². The van der Waals surface area contributed by atoms with Crippen LogP contribution in [0.5, 0.6) is 0 Å². The minimum atomic E-state index is -1.25. The Morgan fingerprint density at radius 2 is 1.93 bits per heavy atom. The minimum absolute atomic E-state index is 0.000820. The van der Waals surface area contributed by atoms with Crippen molar-refractivity contribution < 1.29 is 28.9 Å². The lowest BCUT2D eigenvalue weighted by Gasteiger charge is -2.44. The van der Waals surface area contributed by atoms with Gasteiger partial charge in [0.25, 0.3) is 5.69 Å². The fourth-order valence-corrected chi connectivity index (χ4v) is 4.46. The van der Waals surface area contributed by atoms with Crippen molar-refractivity contribution in [3.05, 3.63) is 39.9 Å². The van der Waals surface area contributed by atoms with Crippen LogP contribution < -0.4 is 0 Å². The van der Waals surface area contributed by atoms with Crippen LogP contribution in [0, 0.1) is 10.1 Å². The van der Waals surface area contributed by atoms with Crippen LogP contribution in [0.4, 0.5) is 10.5 Å². The van der Waals surface area contributed by atoms with Crippen molar-refractivity contribution in [3.8, 4) is 0 Å². The third-order valence-corrected chi connectivity index (χ3v) is 6.08. The number of rotatable bonds is 5. The first-order valence-electron chi connectivity index (χ1n) is 10.1. The van der Waals surface area contributed by atoms with Crippen LogP contribution in [0.25, 0.3) is 0 Å². The van der Waals surface area contributed by atoms with E-state index >= 15 is 0 Å².